The number of thiophene rings is 1. The van der Waals surface area contributed by atoms with E-state index in [1.807, 2.05) is 0 Å². The van der Waals surface area contributed by atoms with E-state index < -0.39 is 23.2 Å². The van der Waals surface area contributed by atoms with E-state index in [0.29, 0.717) is 16.0 Å². The summed E-state index contributed by atoms with van der Waals surface area (Å²) in [6.45, 7) is 1.36. The van der Waals surface area contributed by atoms with Gasteiger partial charge in [0, 0.05) is 16.1 Å². The summed E-state index contributed by atoms with van der Waals surface area (Å²) in [5.41, 5.74) is -0.487. The summed E-state index contributed by atoms with van der Waals surface area (Å²) in [6.07, 6.45) is 2.79. The third-order valence-corrected chi connectivity index (χ3v) is 5.09. The zero-order valence-electron chi connectivity index (χ0n) is 14.4. The second-order valence-corrected chi connectivity index (χ2v) is 6.90. The van der Waals surface area contributed by atoms with Crippen molar-refractivity contribution >= 4 is 28.8 Å². The number of carbonyl (C=O) groups excluding carboxylic acids is 2. The highest BCUT2D eigenvalue weighted by Crippen LogP contribution is 2.32. The maximum absolute atomic E-state index is 13.6. The molecule has 2 heterocycles. The van der Waals surface area contributed by atoms with E-state index in [4.69, 9.17) is 4.42 Å². The predicted molar refractivity (Wildman–Crippen MR) is 98.8 cm³/mol. The molecule has 0 unspecified atom stereocenters. The van der Waals surface area contributed by atoms with Gasteiger partial charge in [0.2, 0.25) is 0 Å². The van der Waals surface area contributed by atoms with Crippen molar-refractivity contribution in [2.45, 2.75) is 12.5 Å². The smallest absolute Gasteiger partial charge is 0.313 e. The Bertz CT molecular complexity index is 905. The Labute approximate surface area is 158 Å². The minimum Gasteiger partial charge on any atom is -0.472 e. The van der Waals surface area contributed by atoms with Crippen LogP contribution in [0.4, 0.5) is 10.1 Å². The minimum atomic E-state index is -1.53. The molecule has 0 bridgehead atoms. The van der Waals surface area contributed by atoms with Gasteiger partial charge in [0.25, 0.3) is 0 Å². The summed E-state index contributed by atoms with van der Waals surface area (Å²) >= 11 is 1.31. The fourth-order valence-corrected chi connectivity index (χ4v) is 3.34. The van der Waals surface area contributed by atoms with Crippen LogP contribution in [0.2, 0.25) is 0 Å². The minimum absolute atomic E-state index is 0.168. The van der Waals surface area contributed by atoms with E-state index in [-0.39, 0.29) is 12.2 Å². The Hall–Kier alpha value is -2.97. The van der Waals surface area contributed by atoms with Crippen LogP contribution in [0.5, 0.6) is 0 Å². The maximum Gasteiger partial charge on any atom is 0.313 e. The number of hydrogen-bond donors (Lipinski definition) is 3. The van der Waals surface area contributed by atoms with Gasteiger partial charge in [-0.25, -0.2) is 4.39 Å². The molecule has 1 atom stereocenters. The molecule has 0 radical (unpaired) electrons. The second-order valence-electron chi connectivity index (χ2n) is 5.95. The molecule has 8 heteroatoms. The Morgan fingerprint density at radius 2 is 2.07 bits per heavy atom. The average Bonchev–Trinajstić information content (AvgIpc) is 3.36. The third kappa shape index (κ3) is 4.07. The average molecular weight is 388 g/mol. The highest BCUT2D eigenvalue weighted by Gasteiger charge is 2.35. The molecule has 1 aromatic carbocycles. The fraction of sp³-hybridized carbons (Fsp3) is 0.158. The van der Waals surface area contributed by atoms with Crippen LogP contribution in [0.25, 0.3) is 0 Å². The molecule has 0 spiro atoms. The highest BCUT2D eigenvalue weighted by atomic mass is 32.1. The van der Waals surface area contributed by atoms with Gasteiger partial charge in [-0.2, -0.15) is 0 Å². The zero-order valence-corrected chi connectivity index (χ0v) is 15.2. The molecule has 0 aliphatic rings. The molecule has 0 saturated heterocycles. The van der Waals surface area contributed by atoms with E-state index in [1.165, 1.54) is 36.0 Å². The van der Waals surface area contributed by atoms with Gasteiger partial charge in [-0.15, -0.1) is 11.3 Å². The van der Waals surface area contributed by atoms with Crippen molar-refractivity contribution in [3.05, 3.63) is 76.1 Å². The van der Waals surface area contributed by atoms with Crippen LogP contribution in [0.3, 0.4) is 0 Å². The number of hydrogen-bond acceptors (Lipinski definition) is 5. The summed E-state index contributed by atoms with van der Waals surface area (Å²) in [5.74, 6) is -2.39. The number of carbonyl (C=O) groups is 2. The summed E-state index contributed by atoms with van der Waals surface area (Å²) in [6, 6.07) is 9.20. The summed E-state index contributed by atoms with van der Waals surface area (Å²) in [4.78, 5) is 24.8. The first-order valence-corrected chi connectivity index (χ1v) is 8.92. The van der Waals surface area contributed by atoms with Crippen LogP contribution in [-0.2, 0) is 15.2 Å². The van der Waals surface area contributed by atoms with Gasteiger partial charge in [0.1, 0.15) is 11.4 Å². The number of halogens is 1. The lowest BCUT2D eigenvalue weighted by Gasteiger charge is -2.26. The topological polar surface area (TPSA) is 91.6 Å². The van der Waals surface area contributed by atoms with Gasteiger partial charge >= 0.3 is 11.8 Å². The number of anilines is 1. The molecule has 0 fully saturated rings. The number of benzene rings is 1. The molecule has 2 amide bonds. The van der Waals surface area contributed by atoms with Crippen LogP contribution in [0, 0.1) is 12.7 Å². The Morgan fingerprint density at radius 3 is 2.70 bits per heavy atom. The lowest BCUT2D eigenvalue weighted by Crippen LogP contribution is -2.44. The Balaban J connectivity index is 1.69. The van der Waals surface area contributed by atoms with Crippen LogP contribution in [0.15, 0.2) is 58.7 Å². The van der Waals surface area contributed by atoms with E-state index in [0.717, 1.165) is 6.07 Å². The summed E-state index contributed by atoms with van der Waals surface area (Å²) < 4.78 is 18.6. The van der Waals surface area contributed by atoms with Crippen molar-refractivity contribution in [2.24, 2.45) is 0 Å². The molecule has 3 N–H and O–H groups in total. The van der Waals surface area contributed by atoms with E-state index in [1.54, 1.807) is 30.5 Å². The molecule has 2 aromatic heterocycles. The number of amides is 2. The normalized spacial score (nSPS) is 13.0. The van der Waals surface area contributed by atoms with Crippen molar-refractivity contribution in [2.75, 3.05) is 11.9 Å². The van der Waals surface area contributed by atoms with Crippen molar-refractivity contribution in [1.82, 2.24) is 5.32 Å². The van der Waals surface area contributed by atoms with Gasteiger partial charge in [0.15, 0.2) is 0 Å². The van der Waals surface area contributed by atoms with Gasteiger partial charge in [0.05, 0.1) is 19.1 Å². The molecule has 3 aromatic rings. The largest absolute Gasteiger partial charge is 0.472 e. The van der Waals surface area contributed by atoms with Crippen molar-refractivity contribution < 1.29 is 23.5 Å². The van der Waals surface area contributed by atoms with Crippen LogP contribution >= 0.6 is 11.3 Å². The third-order valence-electron chi connectivity index (χ3n) is 4.07. The zero-order chi connectivity index (χ0) is 19.4. The number of furan rings is 1. The van der Waals surface area contributed by atoms with Crippen LogP contribution in [0.1, 0.15) is 16.0 Å². The van der Waals surface area contributed by atoms with Crippen molar-refractivity contribution in [3.8, 4) is 0 Å². The molecule has 0 saturated carbocycles. The van der Waals surface area contributed by atoms with Gasteiger partial charge in [-0.3, -0.25) is 9.59 Å². The number of aliphatic hydroxyl groups is 1. The maximum atomic E-state index is 13.6. The molecule has 0 aliphatic heterocycles. The molecule has 3 rings (SSSR count). The van der Waals surface area contributed by atoms with E-state index in [9.17, 15) is 19.1 Å². The van der Waals surface area contributed by atoms with Gasteiger partial charge in [-0.1, -0.05) is 12.1 Å². The molecular formula is C19H17FN2O4S. The fourth-order valence-electron chi connectivity index (χ4n) is 2.49. The lowest BCUT2D eigenvalue weighted by molar-refractivity contribution is -0.136. The molecule has 6 nitrogen and oxygen atoms in total. The summed E-state index contributed by atoms with van der Waals surface area (Å²) in [7, 11) is 0. The van der Waals surface area contributed by atoms with E-state index >= 15 is 0 Å². The Morgan fingerprint density at radius 1 is 1.26 bits per heavy atom. The molecule has 0 aliphatic carbocycles. The Kier molecular flexibility index (Phi) is 5.38. The number of aryl methyl sites for hydroxylation is 1. The monoisotopic (exact) mass is 388 g/mol. The second kappa shape index (κ2) is 7.73. The molecule has 140 valence electrons. The standard InChI is InChI=1S/C19H17FN2O4S/c1-12-4-5-14(9-15(12)20)22-18(24)17(23)21-11-19(25,13-6-7-26-10-13)16-3-2-8-27-16/h2-10,25H,11H2,1H3,(H,21,23)(H,22,24)/t19-/m1/s1. The van der Waals surface area contributed by atoms with Crippen molar-refractivity contribution in [1.29, 1.82) is 0 Å². The first kappa shape index (κ1) is 18.8. The van der Waals surface area contributed by atoms with Gasteiger partial charge < -0.3 is 20.2 Å². The SMILES string of the molecule is Cc1ccc(NC(=O)C(=O)NC[C@@](O)(c2ccoc2)c2cccs2)cc1F. The first-order chi connectivity index (χ1) is 12.9. The van der Waals surface area contributed by atoms with Crippen LogP contribution in [-0.4, -0.2) is 23.5 Å². The number of rotatable bonds is 5. The molecular weight excluding hydrogens is 371 g/mol. The lowest BCUT2D eigenvalue weighted by atomic mass is 9.94. The predicted octanol–water partition coefficient (Wildman–Crippen LogP) is 2.78. The number of nitrogens with one attached hydrogen (secondary N) is 2. The van der Waals surface area contributed by atoms with Gasteiger partial charge in [-0.05, 0) is 42.1 Å². The van der Waals surface area contributed by atoms with E-state index in [2.05, 4.69) is 10.6 Å². The highest BCUT2D eigenvalue weighted by molar-refractivity contribution is 7.10. The quantitative estimate of drug-likeness (QED) is 0.586. The summed E-state index contributed by atoms with van der Waals surface area (Å²) in [5, 5.41) is 17.6. The van der Waals surface area contributed by atoms with Crippen molar-refractivity contribution in [3.63, 3.8) is 0 Å². The van der Waals surface area contributed by atoms with Crippen LogP contribution < -0.4 is 10.6 Å². The molecule has 27 heavy (non-hydrogen) atoms. The first-order valence-electron chi connectivity index (χ1n) is 8.04.